The number of methoxy groups -OCH3 is 1. The first kappa shape index (κ1) is 13.2. The Morgan fingerprint density at radius 2 is 1.95 bits per heavy atom. The topological polar surface area (TPSA) is 48.4 Å². The molecule has 0 N–H and O–H groups in total. The van der Waals surface area contributed by atoms with Crippen molar-refractivity contribution in [3.63, 3.8) is 0 Å². The normalized spacial score (nSPS) is 10.2. The van der Waals surface area contributed by atoms with E-state index in [4.69, 9.17) is 9.47 Å². The van der Waals surface area contributed by atoms with Gasteiger partial charge >= 0.3 is 0 Å². The van der Waals surface area contributed by atoms with E-state index in [-0.39, 0.29) is 6.79 Å². The fourth-order valence-electron chi connectivity index (χ4n) is 1.74. The van der Waals surface area contributed by atoms with Gasteiger partial charge in [-0.2, -0.15) is 0 Å². The third kappa shape index (κ3) is 3.63. The van der Waals surface area contributed by atoms with Crippen LogP contribution < -0.4 is 4.74 Å². The quantitative estimate of drug-likeness (QED) is 0.589. The Morgan fingerprint density at radius 1 is 1.16 bits per heavy atom. The average molecular weight is 257 g/mol. The Balaban J connectivity index is 2.26. The second kappa shape index (κ2) is 6.66. The van der Waals surface area contributed by atoms with E-state index < -0.39 is 0 Å². The van der Waals surface area contributed by atoms with Crippen LogP contribution in [0, 0.1) is 0 Å². The van der Waals surface area contributed by atoms with Crippen molar-refractivity contribution in [3.8, 4) is 5.75 Å². The van der Waals surface area contributed by atoms with Gasteiger partial charge in [-0.3, -0.25) is 4.79 Å². The first-order chi connectivity index (χ1) is 9.33. The highest BCUT2D eigenvalue weighted by Gasteiger charge is 2.08. The van der Waals surface area contributed by atoms with Crippen LogP contribution in [0.3, 0.4) is 0 Å². The average Bonchev–Trinajstić information content (AvgIpc) is 2.47. The summed E-state index contributed by atoms with van der Waals surface area (Å²) in [7, 11) is 1.56. The van der Waals surface area contributed by atoms with Crippen LogP contribution in [0.25, 0.3) is 0 Å². The minimum atomic E-state index is 0.157. The molecule has 98 valence electrons. The van der Waals surface area contributed by atoms with E-state index in [2.05, 4.69) is 4.98 Å². The SMILES string of the molecule is COCOc1ccc(C=O)nc1Cc1ccccc1. The van der Waals surface area contributed by atoms with Crippen LogP contribution in [0.1, 0.15) is 21.7 Å². The van der Waals surface area contributed by atoms with Crippen molar-refractivity contribution >= 4 is 6.29 Å². The zero-order valence-corrected chi connectivity index (χ0v) is 10.7. The van der Waals surface area contributed by atoms with E-state index in [1.54, 1.807) is 19.2 Å². The largest absolute Gasteiger partial charge is 0.466 e. The second-order valence-corrected chi connectivity index (χ2v) is 4.01. The van der Waals surface area contributed by atoms with Crippen LogP contribution >= 0.6 is 0 Å². The number of benzene rings is 1. The standard InChI is InChI=1S/C15H15NO3/c1-18-11-19-15-8-7-13(10-17)16-14(15)9-12-5-3-2-4-6-12/h2-8,10H,9,11H2,1H3. The smallest absolute Gasteiger partial charge is 0.188 e. The molecular formula is C15H15NO3. The van der Waals surface area contributed by atoms with E-state index in [9.17, 15) is 4.79 Å². The van der Waals surface area contributed by atoms with Crippen molar-refractivity contribution in [1.82, 2.24) is 4.98 Å². The van der Waals surface area contributed by atoms with Crippen LogP contribution in [0.5, 0.6) is 5.75 Å². The number of pyridine rings is 1. The lowest BCUT2D eigenvalue weighted by molar-refractivity contribution is 0.0501. The number of carbonyl (C=O) groups excluding carboxylic acids is 1. The number of nitrogens with zero attached hydrogens (tertiary/aromatic N) is 1. The van der Waals surface area contributed by atoms with E-state index in [0.29, 0.717) is 17.9 Å². The zero-order chi connectivity index (χ0) is 13.5. The molecule has 0 bridgehead atoms. The Hall–Kier alpha value is -2.20. The lowest BCUT2D eigenvalue weighted by Gasteiger charge is -2.10. The first-order valence-electron chi connectivity index (χ1n) is 5.94. The highest BCUT2D eigenvalue weighted by molar-refractivity contribution is 5.72. The molecule has 4 heteroatoms. The van der Waals surface area contributed by atoms with Crippen LogP contribution in [0.15, 0.2) is 42.5 Å². The van der Waals surface area contributed by atoms with E-state index in [1.807, 2.05) is 30.3 Å². The number of aldehydes is 1. The molecule has 1 aromatic carbocycles. The fourth-order valence-corrected chi connectivity index (χ4v) is 1.74. The molecule has 1 aromatic heterocycles. The van der Waals surface area contributed by atoms with Gasteiger partial charge in [0.15, 0.2) is 13.1 Å². The van der Waals surface area contributed by atoms with Gasteiger partial charge in [0, 0.05) is 13.5 Å². The van der Waals surface area contributed by atoms with Crippen molar-refractivity contribution in [2.24, 2.45) is 0 Å². The van der Waals surface area contributed by atoms with Gasteiger partial charge in [-0.05, 0) is 17.7 Å². The third-order valence-electron chi connectivity index (χ3n) is 2.62. The van der Waals surface area contributed by atoms with Crippen LogP contribution in [0.4, 0.5) is 0 Å². The summed E-state index contributed by atoms with van der Waals surface area (Å²) < 4.78 is 10.3. The number of hydrogen-bond donors (Lipinski definition) is 0. The minimum absolute atomic E-state index is 0.157. The summed E-state index contributed by atoms with van der Waals surface area (Å²) >= 11 is 0. The molecule has 0 fully saturated rings. The van der Waals surface area contributed by atoms with Crippen molar-refractivity contribution in [3.05, 3.63) is 59.4 Å². The number of carbonyl (C=O) groups is 1. The monoisotopic (exact) mass is 257 g/mol. The maximum atomic E-state index is 10.8. The maximum Gasteiger partial charge on any atom is 0.188 e. The summed E-state index contributed by atoms with van der Waals surface area (Å²) in [6.45, 7) is 0.157. The van der Waals surface area contributed by atoms with Crippen molar-refractivity contribution in [1.29, 1.82) is 0 Å². The van der Waals surface area contributed by atoms with Gasteiger partial charge in [-0.15, -0.1) is 0 Å². The molecule has 0 aliphatic heterocycles. The molecule has 0 saturated carbocycles. The van der Waals surface area contributed by atoms with Crippen LogP contribution in [-0.2, 0) is 11.2 Å². The number of rotatable bonds is 6. The molecule has 1 heterocycles. The van der Waals surface area contributed by atoms with Gasteiger partial charge in [0.25, 0.3) is 0 Å². The molecule has 19 heavy (non-hydrogen) atoms. The van der Waals surface area contributed by atoms with E-state index in [0.717, 1.165) is 17.5 Å². The Labute approximate surface area is 112 Å². The van der Waals surface area contributed by atoms with Gasteiger partial charge in [0.05, 0.1) is 5.69 Å². The molecule has 0 saturated heterocycles. The molecular weight excluding hydrogens is 242 g/mol. The predicted molar refractivity (Wildman–Crippen MR) is 71.4 cm³/mol. The first-order valence-corrected chi connectivity index (χ1v) is 5.94. The van der Waals surface area contributed by atoms with Gasteiger partial charge in [0.1, 0.15) is 11.4 Å². The Kier molecular flexibility index (Phi) is 4.64. The van der Waals surface area contributed by atoms with Gasteiger partial charge in [-0.25, -0.2) is 4.98 Å². The molecule has 4 nitrogen and oxygen atoms in total. The third-order valence-corrected chi connectivity index (χ3v) is 2.62. The number of ether oxygens (including phenoxy) is 2. The summed E-state index contributed by atoms with van der Waals surface area (Å²) in [6.07, 6.45) is 1.34. The Morgan fingerprint density at radius 3 is 2.63 bits per heavy atom. The van der Waals surface area contributed by atoms with Crippen LogP contribution in [-0.4, -0.2) is 25.2 Å². The van der Waals surface area contributed by atoms with Crippen molar-refractivity contribution < 1.29 is 14.3 Å². The van der Waals surface area contributed by atoms with Crippen molar-refractivity contribution in [2.45, 2.75) is 6.42 Å². The summed E-state index contributed by atoms with van der Waals surface area (Å²) in [5, 5.41) is 0. The predicted octanol–water partition coefficient (Wildman–Crippen LogP) is 2.47. The summed E-state index contributed by atoms with van der Waals surface area (Å²) in [5.41, 5.74) is 2.24. The molecule has 0 spiro atoms. The molecule has 2 rings (SSSR count). The fraction of sp³-hybridized carbons (Fsp3) is 0.200. The Bertz CT molecular complexity index is 540. The lowest BCUT2D eigenvalue weighted by atomic mass is 10.1. The number of aromatic nitrogens is 1. The van der Waals surface area contributed by atoms with Crippen LogP contribution in [0.2, 0.25) is 0 Å². The van der Waals surface area contributed by atoms with Gasteiger partial charge < -0.3 is 9.47 Å². The number of hydrogen-bond acceptors (Lipinski definition) is 4. The molecule has 0 aliphatic rings. The molecule has 2 aromatic rings. The summed E-state index contributed by atoms with van der Waals surface area (Å²) in [4.78, 5) is 15.1. The molecule has 0 unspecified atom stereocenters. The minimum Gasteiger partial charge on any atom is -0.466 e. The van der Waals surface area contributed by atoms with Gasteiger partial charge in [0.2, 0.25) is 0 Å². The molecule has 0 aliphatic carbocycles. The summed E-state index contributed by atoms with van der Waals surface area (Å²) in [5.74, 6) is 0.635. The molecule has 0 radical (unpaired) electrons. The highest BCUT2D eigenvalue weighted by Crippen LogP contribution is 2.20. The van der Waals surface area contributed by atoms with Crippen molar-refractivity contribution in [2.75, 3.05) is 13.9 Å². The zero-order valence-electron chi connectivity index (χ0n) is 10.7. The summed E-state index contributed by atoms with van der Waals surface area (Å²) in [6, 6.07) is 13.3. The highest BCUT2D eigenvalue weighted by atomic mass is 16.7. The molecule has 0 atom stereocenters. The van der Waals surface area contributed by atoms with E-state index in [1.165, 1.54) is 0 Å². The van der Waals surface area contributed by atoms with E-state index >= 15 is 0 Å². The molecule has 0 amide bonds. The second-order valence-electron chi connectivity index (χ2n) is 4.01. The lowest BCUT2D eigenvalue weighted by Crippen LogP contribution is -2.05. The van der Waals surface area contributed by atoms with Gasteiger partial charge in [-0.1, -0.05) is 30.3 Å². The maximum absolute atomic E-state index is 10.8.